The number of carbonyl (C=O) groups excluding carboxylic acids is 1. The number of aromatic amines is 1. The van der Waals surface area contributed by atoms with E-state index >= 15 is 0 Å². The van der Waals surface area contributed by atoms with E-state index in [0.29, 0.717) is 17.5 Å². The van der Waals surface area contributed by atoms with Crippen LogP contribution in [0.5, 0.6) is 11.5 Å². The van der Waals surface area contributed by atoms with Crippen LogP contribution in [0.25, 0.3) is 33.1 Å². The first-order chi connectivity index (χ1) is 16.7. The van der Waals surface area contributed by atoms with Crippen LogP contribution in [0, 0.1) is 0 Å². The third kappa shape index (κ3) is 4.35. The molecule has 0 spiro atoms. The molecule has 0 unspecified atom stereocenters. The lowest BCUT2D eigenvalue weighted by Crippen LogP contribution is -2.20. The normalized spacial score (nSPS) is 11.2. The van der Waals surface area contributed by atoms with Gasteiger partial charge in [0.15, 0.2) is 11.7 Å². The molecule has 3 heterocycles. The van der Waals surface area contributed by atoms with Crippen LogP contribution < -0.4 is 14.8 Å². The number of benzene rings is 2. The lowest BCUT2D eigenvalue weighted by molar-refractivity contribution is -0.118. The van der Waals surface area contributed by atoms with Crippen molar-refractivity contribution in [2.24, 2.45) is 0 Å². The number of aromatic nitrogens is 3. The number of methoxy groups -OCH3 is 2. The fourth-order valence-electron chi connectivity index (χ4n) is 3.90. The predicted molar refractivity (Wildman–Crippen MR) is 134 cm³/mol. The maximum Gasteiger partial charge on any atom is 0.264 e. The van der Waals surface area contributed by atoms with Crippen molar-refractivity contribution in [3.63, 3.8) is 0 Å². The summed E-state index contributed by atoms with van der Waals surface area (Å²) in [5, 5.41) is 7.24. The minimum absolute atomic E-state index is 0.110. The van der Waals surface area contributed by atoms with Gasteiger partial charge >= 0.3 is 0 Å². The summed E-state index contributed by atoms with van der Waals surface area (Å²) in [7, 11) is 3.32. The van der Waals surface area contributed by atoms with Crippen molar-refractivity contribution in [2.45, 2.75) is 6.54 Å². The Kier molecular flexibility index (Phi) is 6.20. The molecule has 0 saturated heterocycles. The number of anilines is 1. The van der Waals surface area contributed by atoms with Crippen molar-refractivity contribution >= 4 is 44.2 Å². The Hall–Kier alpha value is -3.82. The molecule has 34 heavy (non-hydrogen) atoms. The first kappa shape index (κ1) is 22.0. The molecular weight excluding hydrogens is 452 g/mol. The summed E-state index contributed by atoms with van der Waals surface area (Å²) in [5.74, 6) is 1.17. The van der Waals surface area contributed by atoms with E-state index in [1.54, 1.807) is 14.2 Å². The van der Waals surface area contributed by atoms with E-state index in [-0.39, 0.29) is 12.5 Å². The third-order valence-corrected chi connectivity index (χ3v) is 6.34. The van der Waals surface area contributed by atoms with Crippen LogP contribution in [0.2, 0.25) is 0 Å². The number of H-pyrrole nitrogens is 1. The second-order valence-electron chi connectivity index (χ2n) is 7.68. The molecule has 0 aliphatic rings. The van der Waals surface area contributed by atoms with Crippen molar-refractivity contribution in [3.05, 3.63) is 60.2 Å². The SMILES string of the molecule is COCCn1ccc2c(OCC(=O)Nc3nc(-c4c[nH]c5ccc(OC)cc45)cs3)cccc21. The molecule has 174 valence electrons. The lowest BCUT2D eigenvalue weighted by atomic mass is 10.1. The van der Waals surface area contributed by atoms with E-state index in [1.165, 1.54) is 11.3 Å². The molecule has 2 aromatic carbocycles. The zero-order valence-corrected chi connectivity index (χ0v) is 19.6. The maximum atomic E-state index is 12.5. The van der Waals surface area contributed by atoms with Crippen LogP contribution in [0.1, 0.15) is 0 Å². The summed E-state index contributed by atoms with van der Waals surface area (Å²) in [6.45, 7) is 1.26. The topological polar surface area (TPSA) is 90.4 Å². The quantitative estimate of drug-likeness (QED) is 0.315. The summed E-state index contributed by atoms with van der Waals surface area (Å²) < 4.78 is 18.4. The highest BCUT2D eigenvalue weighted by atomic mass is 32.1. The Morgan fingerprint density at radius 2 is 2.09 bits per heavy atom. The molecule has 2 N–H and O–H groups in total. The highest BCUT2D eigenvalue weighted by Crippen LogP contribution is 2.33. The Labute approximate surface area is 200 Å². The summed E-state index contributed by atoms with van der Waals surface area (Å²) in [6, 6.07) is 13.6. The molecule has 0 saturated carbocycles. The van der Waals surface area contributed by atoms with E-state index in [1.807, 2.05) is 60.2 Å². The molecule has 5 aromatic rings. The number of fused-ring (bicyclic) bond motifs is 2. The summed E-state index contributed by atoms with van der Waals surface area (Å²) in [4.78, 5) is 20.4. The molecule has 0 radical (unpaired) electrons. The predicted octanol–water partition coefficient (Wildman–Crippen LogP) is 4.92. The Morgan fingerprint density at radius 1 is 1.18 bits per heavy atom. The molecule has 0 atom stereocenters. The van der Waals surface area contributed by atoms with E-state index in [9.17, 15) is 4.79 Å². The van der Waals surface area contributed by atoms with Gasteiger partial charge in [0.2, 0.25) is 0 Å². The Morgan fingerprint density at radius 3 is 2.94 bits per heavy atom. The maximum absolute atomic E-state index is 12.5. The molecule has 5 rings (SSSR count). The second kappa shape index (κ2) is 9.58. The van der Waals surface area contributed by atoms with Crippen molar-refractivity contribution < 1.29 is 19.0 Å². The van der Waals surface area contributed by atoms with Crippen LogP contribution in [0.4, 0.5) is 5.13 Å². The second-order valence-corrected chi connectivity index (χ2v) is 8.54. The van der Waals surface area contributed by atoms with E-state index in [0.717, 1.165) is 45.4 Å². The lowest BCUT2D eigenvalue weighted by Gasteiger charge is -2.09. The first-order valence-electron chi connectivity index (χ1n) is 10.8. The number of nitrogens with one attached hydrogen (secondary N) is 2. The molecular formula is C25H24N4O4S. The summed E-state index contributed by atoms with van der Waals surface area (Å²) >= 11 is 1.37. The molecule has 9 heteroatoms. The number of ether oxygens (including phenoxy) is 3. The minimum atomic E-state index is -0.266. The Balaban J connectivity index is 1.26. The van der Waals surface area contributed by atoms with Crippen LogP contribution >= 0.6 is 11.3 Å². The molecule has 0 bridgehead atoms. The third-order valence-electron chi connectivity index (χ3n) is 5.58. The van der Waals surface area contributed by atoms with Gasteiger partial charge in [0.1, 0.15) is 11.5 Å². The number of hydrogen-bond donors (Lipinski definition) is 2. The zero-order valence-electron chi connectivity index (χ0n) is 18.8. The van der Waals surface area contributed by atoms with Gasteiger partial charge in [0.05, 0.1) is 24.9 Å². The van der Waals surface area contributed by atoms with E-state index in [4.69, 9.17) is 14.2 Å². The van der Waals surface area contributed by atoms with Gasteiger partial charge in [0.25, 0.3) is 5.91 Å². The standard InChI is InChI=1S/C25H24N4O4S/c1-31-11-10-29-9-8-17-22(29)4-3-5-23(17)33-14-24(30)28-25-27-21(15-34-25)19-13-26-20-7-6-16(32-2)12-18(19)20/h3-9,12-13,15,26H,10-11,14H2,1-2H3,(H,27,28,30). The monoisotopic (exact) mass is 476 g/mol. The van der Waals surface area contributed by atoms with Gasteiger partial charge in [-0.25, -0.2) is 4.98 Å². The molecule has 0 aliphatic carbocycles. The van der Waals surface area contributed by atoms with Crippen LogP contribution in [0.15, 0.2) is 60.2 Å². The van der Waals surface area contributed by atoms with Gasteiger partial charge < -0.3 is 23.8 Å². The Bertz CT molecular complexity index is 1450. The van der Waals surface area contributed by atoms with Gasteiger partial charge in [0, 0.05) is 53.3 Å². The minimum Gasteiger partial charge on any atom is -0.497 e. The van der Waals surface area contributed by atoms with Gasteiger partial charge in [-0.15, -0.1) is 11.3 Å². The largest absolute Gasteiger partial charge is 0.497 e. The summed E-state index contributed by atoms with van der Waals surface area (Å²) in [6.07, 6.45) is 3.90. The number of nitrogens with zero attached hydrogens (tertiary/aromatic N) is 2. The van der Waals surface area contributed by atoms with Crippen molar-refractivity contribution in [1.29, 1.82) is 0 Å². The van der Waals surface area contributed by atoms with Gasteiger partial charge in [-0.05, 0) is 36.4 Å². The molecule has 8 nitrogen and oxygen atoms in total. The van der Waals surface area contributed by atoms with Crippen LogP contribution in [-0.4, -0.2) is 47.9 Å². The highest BCUT2D eigenvalue weighted by Gasteiger charge is 2.14. The van der Waals surface area contributed by atoms with E-state index < -0.39 is 0 Å². The molecule has 3 aromatic heterocycles. The fraction of sp³-hybridized carbons (Fsp3) is 0.200. The van der Waals surface area contributed by atoms with E-state index in [2.05, 4.69) is 19.9 Å². The van der Waals surface area contributed by atoms with Crippen molar-refractivity contribution in [1.82, 2.24) is 14.5 Å². The number of hydrogen-bond acceptors (Lipinski definition) is 6. The smallest absolute Gasteiger partial charge is 0.264 e. The molecule has 1 amide bonds. The first-order valence-corrected chi connectivity index (χ1v) is 11.6. The average Bonchev–Trinajstić information content (AvgIpc) is 3.59. The number of rotatable bonds is 9. The van der Waals surface area contributed by atoms with Gasteiger partial charge in [-0.3, -0.25) is 10.1 Å². The number of carbonyl (C=O) groups is 1. The van der Waals surface area contributed by atoms with Crippen LogP contribution in [0.3, 0.4) is 0 Å². The summed E-state index contributed by atoms with van der Waals surface area (Å²) in [5.41, 5.74) is 3.76. The zero-order chi connectivity index (χ0) is 23.5. The molecule has 0 aliphatic heterocycles. The van der Waals surface area contributed by atoms with Gasteiger partial charge in [-0.1, -0.05) is 6.07 Å². The fourth-order valence-corrected chi connectivity index (χ4v) is 4.62. The average molecular weight is 477 g/mol. The molecule has 0 fully saturated rings. The number of amides is 1. The number of thiazole rings is 1. The van der Waals surface area contributed by atoms with Crippen LogP contribution in [-0.2, 0) is 16.1 Å². The van der Waals surface area contributed by atoms with Crippen molar-refractivity contribution in [2.75, 3.05) is 32.8 Å². The van der Waals surface area contributed by atoms with Crippen molar-refractivity contribution in [3.8, 4) is 22.8 Å². The highest BCUT2D eigenvalue weighted by molar-refractivity contribution is 7.14. The van der Waals surface area contributed by atoms with Gasteiger partial charge in [-0.2, -0.15) is 0 Å².